The van der Waals surface area contributed by atoms with E-state index in [0.717, 1.165) is 15.1 Å². The van der Waals surface area contributed by atoms with E-state index < -0.39 is 0 Å². The van der Waals surface area contributed by atoms with E-state index in [2.05, 4.69) is 21.2 Å². The van der Waals surface area contributed by atoms with Gasteiger partial charge in [0.15, 0.2) is 5.76 Å². The molecule has 0 aliphatic heterocycles. The second-order valence-corrected chi connectivity index (χ2v) is 6.72. The number of furan rings is 1. The molecule has 2 heterocycles. The Kier molecular flexibility index (Phi) is 5.15. The van der Waals surface area contributed by atoms with Gasteiger partial charge < -0.3 is 14.5 Å². The van der Waals surface area contributed by atoms with Gasteiger partial charge in [-0.1, -0.05) is 22.0 Å². The number of hydrogen-bond acceptors (Lipinski definition) is 4. The largest absolute Gasteiger partial charge is 0.486 e. The number of thiophene rings is 1. The third-order valence-electron chi connectivity index (χ3n) is 3.08. The van der Waals surface area contributed by atoms with Crippen molar-refractivity contribution in [2.24, 2.45) is 0 Å². The van der Waals surface area contributed by atoms with E-state index in [1.165, 1.54) is 0 Å². The van der Waals surface area contributed by atoms with Gasteiger partial charge in [-0.25, -0.2) is 0 Å². The predicted octanol–water partition coefficient (Wildman–Crippen LogP) is 4.61. The molecule has 0 saturated carbocycles. The molecule has 2 aromatic heterocycles. The van der Waals surface area contributed by atoms with Crippen LogP contribution >= 0.6 is 27.3 Å². The molecule has 0 aliphatic rings. The molecule has 23 heavy (non-hydrogen) atoms. The zero-order valence-electron chi connectivity index (χ0n) is 12.1. The molecule has 0 fully saturated rings. The molecule has 1 aromatic carbocycles. The zero-order chi connectivity index (χ0) is 16.1. The fourth-order valence-electron chi connectivity index (χ4n) is 1.93. The molecule has 0 spiro atoms. The van der Waals surface area contributed by atoms with E-state index in [1.54, 1.807) is 23.5 Å². The van der Waals surface area contributed by atoms with Crippen LogP contribution in [0.2, 0.25) is 0 Å². The molecule has 3 aromatic rings. The molecular weight excluding hydrogens is 378 g/mol. The molecule has 0 aliphatic carbocycles. The van der Waals surface area contributed by atoms with Crippen molar-refractivity contribution in [2.75, 3.05) is 0 Å². The highest BCUT2D eigenvalue weighted by molar-refractivity contribution is 9.10. The first-order valence-corrected chi connectivity index (χ1v) is 8.65. The lowest BCUT2D eigenvalue weighted by Crippen LogP contribution is -2.21. The van der Waals surface area contributed by atoms with E-state index in [4.69, 9.17) is 9.15 Å². The molecule has 0 bridgehead atoms. The second kappa shape index (κ2) is 7.48. The maximum Gasteiger partial charge on any atom is 0.287 e. The van der Waals surface area contributed by atoms with Crippen LogP contribution in [-0.2, 0) is 13.2 Å². The van der Waals surface area contributed by atoms with Crippen molar-refractivity contribution < 1.29 is 13.9 Å². The summed E-state index contributed by atoms with van der Waals surface area (Å²) in [6, 6.07) is 14.9. The van der Waals surface area contributed by atoms with Crippen molar-refractivity contribution in [3.63, 3.8) is 0 Å². The number of halogens is 1. The van der Waals surface area contributed by atoms with Gasteiger partial charge in [-0.2, -0.15) is 0 Å². The number of carbonyl (C=O) groups is 1. The van der Waals surface area contributed by atoms with Crippen LogP contribution in [-0.4, -0.2) is 5.91 Å². The Labute approximate surface area is 146 Å². The zero-order valence-corrected chi connectivity index (χ0v) is 14.5. The summed E-state index contributed by atoms with van der Waals surface area (Å²) in [4.78, 5) is 13.1. The van der Waals surface area contributed by atoms with Gasteiger partial charge in [0.05, 0.1) is 6.54 Å². The smallest absolute Gasteiger partial charge is 0.287 e. The summed E-state index contributed by atoms with van der Waals surface area (Å²) in [5.41, 5.74) is 0. The molecule has 1 amide bonds. The van der Waals surface area contributed by atoms with Crippen molar-refractivity contribution in [3.05, 3.63) is 74.8 Å². The van der Waals surface area contributed by atoms with Crippen LogP contribution in [0.1, 0.15) is 21.2 Å². The molecule has 1 N–H and O–H groups in total. The molecule has 4 nitrogen and oxygen atoms in total. The number of carbonyl (C=O) groups excluding carboxylic acids is 1. The highest BCUT2D eigenvalue weighted by Crippen LogP contribution is 2.18. The molecule has 0 unspecified atom stereocenters. The van der Waals surface area contributed by atoms with E-state index in [9.17, 15) is 4.79 Å². The second-order valence-electron chi connectivity index (χ2n) is 4.77. The summed E-state index contributed by atoms with van der Waals surface area (Å²) >= 11 is 4.98. The highest BCUT2D eigenvalue weighted by Gasteiger charge is 2.11. The van der Waals surface area contributed by atoms with Crippen LogP contribution in [0.3, 0.4) is 0 Å². The minimum atomic E-state index is -0.228. The SMILES string of the molecule is O=C(NCc1cccs1)c1ccc(COc2ccc(Br)cc2)o1. The summed E-state index contributed by atoms with van der Waals surface area (Å²) in [5.74, 6) is 1.41. The Balaban J connectivity index is 1.52. The fraction of sp³-hybridized carbons (Fsp3) is 0.118. The topological polar surface area (TPSA) is 51.5 Å². The average Bonchev–Trinajstić information content (AvgIpc) is 3.24. The van der Waals surface area contributed by atoms with Crippen molar-refractivity contribution in [3.8, 4) is 5.75 Å². The van der Waals surface area contributed by atoms with Crippen molar-refractivity contribution in [1.29, 1.82) is 0 Å². The quantitative estimate of drug-likeness (QED) is 0.667. The molecule has 6 heteroatoms. The number of amides is 1. The molecule has 3 rings (SSSR count). The number of hydrogen-bond donors (Lipinski definition) is 1. The maximum atomic E-state index is 12.0. The van der Waals surface area contributed by atoms with Gasteiger partial charge in [0.2, 0.25) is 0 Å². The lowest BCUT2D eigenvalue weighted by Gasteiger charge is -2.04. The third kappa shape index (κ3) is 4.46. The summed E-state index contributed by atoms with van der Waals surface area (Å²) in [5, 5.41) is 4.80. The molecular formula is C17H14BrNO3S. The van der Waals surface area contributed by atoms with Gasteiger partial charge in [0, 0.05) is 9.35 Å². The van der Waals surface area contributed by atoms with E-state index in [1.807, 2.05) is 41.8 Å². The van der Waals surface area contributed by atoms with Crippen LogP contribution < -0.4 is 10.1 Å². The monoisotopic (exact) mass is 391 g/mol. The Morgan fingerprint density at radius 1 is 1.17 bits per heavy atom. The first-order valence-electron chi connectivity index (χ1n) is 6.98. The van der Waals surface area contributed by atoms with Crippen LogP contribution in [0.15, 0.2) is 62.8 Å². The predicted molar refractivity (Wildman–Crippen MR) is 92.7 cm³/mol. The summed E-state index contributed by atoms with van der Waals surface area (Å²) in [6.07, 6.45) is 0. The first-order chi connectivity index (χ1) is 11.2. The Morgan fingerprint density at radius 3 is 2.74 bits per heavy atom. The van der Waals surface area contributed by atoms with Gasteiger partial charge in [-0.3, -0.25) is 4.79 Å². The molecule has 0 saturated heterocycles. The van der Waals surface area contributed by atoms with Crippen LogP contribution in [0.4, 0.5) is 0 Å². The van der Waals surface area contributed by atoms with Gasteiger partial charge >= 0.3 is 0 Å². The highest BCUT2D eigenvalue weighted by atomic mass is 79.9. The van der Waals surface area contributed by atoms with Crippen LogP contribution in [0.25, 0.3) is 0 Å². The van der Waals surface area contributed by atoms with Crippen molar-refractivity contribution in [1.82, 2.24) is 5.32 Å². The van der Waals surface area contributed by atoms with Gasteiger partial charge in [-0.15, -0.1) is 11.3 Å². The van der Waals surface area contributed by atoms with Gasteiger partial charge in [0.25, 0.3) is 5.91 Å². The minimum Gasteiger partial charge on any atom is -0.486 e. The molecule has 0 radical (unpaired) electrons. The standard InChI is InChI=1S/C17H14BrNO3S/c18-12-3-5-13(6-4-12)21-11-14-7-8-16(22-14)17(20)19-10-15-2-1-9-23-15/h1-9H,10-11H2,(H,19,20). The Hall–Kier alpha value is -2.05. The Morgan fingerprint density at radius 2 is 2.00 bits per heavy atom. The lowest BCUT2D eigenvalue weighted by molar-refractivity contribution is 0.0919. The maximum absolute atomic E-state index is 12.0. The van der Waals surface area contributed by atoms with E-state index in [-0.39, 0.29) is 18.3 Å². The number of ether oxygens (including phenoxy) is 1. The number of rotatable bonds is 6. The van der Waals surface area contributed by atoms with E-state index >= 15 is 0 Å². The summed E-state index contributed by atoms with van der Waals surface area (Å²) < 4.78 is 12.1. The summed E-state index contributed by atoms with van der Waals surface area (Å²) in [7, 11) is 0. The van der Waals surface area contributed by atoms with Gasteiger partial charge in [0.1, 0.15) is 18.1 Å². The lowest BCUT2D eigenvalue weighted by atomic mass is 10.3. The molecule has 118 valence electrons. The van der Waals surface area contributed by atoms with Crippen LogP contribution in [0.5, 0.6) is 5.75 Å². The fourth-order valence-corrected chi connectivity index (χ4v) is 2.84. The summed E-state index contributed by atoms with van der Waals surface area (Å²) in [6.45, 7) is 0.780. The van der Waals surface area contributed by atoms with Crippen molar-refractivity contribution >= 4 is 33.2 Å². The normalized spacial score (nSPS) is 10.5. The number of benzene rings is 1. The average molecular weight is 392 g/mol. The van der Waals surface area contributed by atoms with Crippen molar-refractivity contribution in [2.45, 2.75) is 13.2 Å². The minimum absolute atomic E-state index is 0.228. The first kappa shape index (κ1) is 15.8. The van der Waals surface area contributed by atoms with Crippen LogP contribution in [0, 0.1) is 0 Å². The Bertz CT molecular complexity index is 766. The number of nitrogens with one attached hydrogen (secondary N) is 1. The van der Waals surface area contributed by atoms with E-state index in [0.29, 0.717) is 12.3 Å². The molecule has 0 atom stereocenters. The van der Waals surface area contributed by atoms with Gasteiger partial charge in [-0.05, 0) is 47.8 Å². The third-order valence-corrected chi connectivity index (χ3v) is 4.49.